The minimum atomic E-state index is -0.755. The van der Waals surface area contributed by atoms with E-state index < -0.39 is 11.9 Å². The van der Waals surface area contributed by atoms with Crippen LogP contribution in [0.3, 0.4) is 0 Å². The predicted molar refractivity (Wildman–Crippen MR) is 75.2 cm³/mol. The predicted octanol–water partition coefficient (Wildman–Crippen LogP) is 3.07. The summed E-state index contributed by atoms with van der Waals surface area (Å²) in [5.74, 6) is -0.221. The Balaban J connectivity index is 2.26. The second-order valence-electron chi connectivity index (χ2n) is 4.58. The van der Waals surface area contributed by atoms with Gasteiger partial charge >= 0.3 is 0 Å². The van der Waals surface area contributed by atoms with Gasteiger partial charge in [0.25, 0.3) is 0 Å². The van der Waals surface area contributed by atoms with Crippen LogP contribution in [-0.4, -0.2) is 17.2 Å². The van der Waals surface area contributed by atoms with Gasteiger partial charge in [0.15, 0.2) is 11.6 Å². The number of halogens is 1. The maximum absolute atomic E-state index is 14.1. The molecule has 1 atom stereocenters. The number of aryl methyl sites for hydroxylation is 1. The molecule has 0 spiro atoms. The van der Waals surface area contributed by atoms with Crippen molar-refractivity contribution < 1.29 is 14.2 Å². The lowest BCUT2D eigenvalue weighted by Crippen LogP contribution is -2.07. The molecule has 0 bridgehead atoms. The summed E-state index contributed by atoms with van der Waals surface area (Å²) in [6.07, 6.45) is 3.61. The van der Waals surface area contributed by atoms with Gasteiger partial charge in [0.1, 0.15) is 0 Å². The molecule has 106 valence electrons. The number of aliphatic hydroxyl groups excluding tert-OH is 1. The van der Waals surface area contributed by atoms with Crippen molar-refractivity contribution in [1.29, 1.82) is 0 Å². The first kappa shape index (κ1) is 14.5. The largest absolute Gasteiger partial charge is 0.494 e. The number of hydrogen-bond donors (Lipinski definition) is 1. The number of aromatic nitrogens is 1. The van der Waals surface area contributed by atoms with E-state index in [2.05, 4.69) is 4.98 Å². The lowest BCUT2D eigenvalue weighted by atomic mass is 9.97. The van der Waals surface area contributed by atoms with E-state index >= 15 is 0 Å². The van der Waals surface area contributed by atoms with E-state index in [-0.39, 0.29) is 12.2 Å². The molecular weight excluding hydrogens is 257 g/mol. The van der Waals surface area contributed by atoms with Gasteiger partial charge in [0, 0.05) is 18.8 Å². The summed E-state index contributed by atoms with van der Waals surface area (Å²) in [6.45, 7) is 2.00. The zero-order chi connectivity index (χ0) is 14.5. The summed E-state index contributed by atoms with van der Waals surface area (Å²) in [4.78, 5) is 4.05. The van der Waals surface area contributed by atoms with Gasteiger partial charge in [-0.2, -0.15) is 0 Å². The van der Waals surface area contributed by atoms with Crippen molar-refractivity contribution in [2.75, 3.05) is 7.11 Å². The number of pyridine rings is 1. The Hall–Kier alpha value is -1.94. The SMILES string of the molecule is CCc1cnccc1C(O)Cc1cccc(OC)c1F. The molecule has 20 heavy (non-hydrogen) atoms. The van der Waals surface area contributed by atoms with Crippen molar-refractivity contribution in [2.24, 2.45) is 0 Å². The summed E-state index contributed by atoms with van der Waals surface area (Å²) >= 11 is 0. The molecule has 1 aromatic heterocycles. The maximum atomic E-state index is 14.1. The molecule has 0 amide bonds. The Bertz CT molecular complexity index is 586. The quantitative estimate of drug-likeness (QED) is 0.912. The molecule has 1 aromatic carbocycles. The second-order valence-corrected chi connectivity index (χ2v) is 4.58. The monoisotopic (exact) mass is 275 g/mol. The second kappa shape index (κ2) is 6.48. The average Bonchev–Trinajstić information content (AvgIpc) is 2.49. The van der Waals surface area contributed by atoms with Gasteiger partial charge in [-0.15, -0.1) is 0 Å². The van der Waals surface area contributed by atoms with E-state index in [9.17, 15) is 9.50 Å². The van der Waals surface area contributed by atoms with Gasteiger partial charge in [0.05, 0.1) is 13.2 Å². The fourth-order valence-electron chi connectivity index (χ4n) is 2.25. The van der Waals surface area contributed by atoms with E-state index in [1.165, 1.54) is 7.11 Å². The molecule has 1 N–H and O–H groups in total. The third-order valence-corrected chi connectivity index (χ3v) is 3.36. The summed E-state index contributed by atoms with van der Waals surface area (Å²) in [5, 5.41) is 10.3. The number of aliphatic hydroxyl groups is 1. The number of rotatable bonds is 5. The first-order valence-corrected chi connectivity index (χ1v) is 6.59. The molecule has 0 fully saturated rings. The van der Waals surface area contributed by atoms with E-state index in [0.29, 0.717) is 5.56 Å². The highest BCUT2D eigenvalue weighted by Crippen LogP contribution is 2.26. The van der Waals surface area contributed by atoms with E-state index in [0.717, 1.165) is 17.5 Å². The molecule has 0 aliphatic heterocycles. The van der Waals surface area contributed by atoms with Gasteiger partial charge in [0.2, 0.25) is 0 Å². The van der Waals surface area contributed by atoms with E-state index in [1.54, 1.807) is 36.7 Å². The molecule has 3 nitrogen and oxygen atoms in total. The molecule has 0 aliphatic carbocycles. The van der Waals surface area contributed by atoms with Crippen LogP contribution in [0, 0.1) is 5.82 Å². The normalized spacial score (nSPS) is 12.2. The Morgan fingerprint density at radius 2 is 2.10 bits per heavy atom. The topological polar surface area (TPSA) is 42.4 Å². The van der Waals surface area contributed by atoms with Crippen LogP contribution in [0.25, 0.3) is 0 Å². The van der Waals surface area contributed by atoms with Gasteiger partial charge in [-0.3, -0.25) is 4.98 Å². The first-order chi connectivity index (χ1) is 9.67. The molecule has 0 radical (unpaired) electrons. The minimum Gasteiger partial charge on any atom is -0.494 e. The van der Waals surface area contributed by atoms with Crippen molar-refractivity contribution in [3.05, 3.63) is 59.2 Å². The smallest absolute Gasteiger partial charge is 0.168 e. The molecule has 1 unspecified atom stereocenters. The van der Waals surface area contributed by atoms with Gasteiger partial charge < -0.3 is 9.84 Å². The molecule has 4 heteroatoms. The Kier molecular flexibility index (Phi) is 4.69. The number of nitrogens with zero attached hydrogens (tertiary/aromatic N) is 1. The van der Waals surface area contributed by atoms with E-state index in [1.807, 2.05) is 6.92 Å². The van der Waals surface area contributed by atoms with Gasteiger partial charge in [-0.05, 0) is 35.2 Å². The van der Waals surface area contributed by atoms with Crippen molar-refractivity contribution in [3.8, 4) is 5.75 Å². The maximum Gasteiger partial charge on any atom is 0.168 e. The summed E-state index contributed by atoms with van der Waals surface area (Å²) in [7, 11) is 1.43. The standard InChI is InChI=1S/C16H18FNO2/c1-3-11-10-18-8-7-13(11)14(19)9-12-5-4-6-15(20-2)16(12)17/h4-8,10,14,19H,3,9H2,1-2H3. The molecule has 2 aromatic rings. The third-order valence-electron chi connectivity index (χ3n) is 3.36. The van der Waals surface area contributed by atoms with Crippen LogP contribution < -0.4 is 4.74 Å². The number of hydrogen-bond acceptors (Lipinski definition) is 3. The van der Waals surface area contributed by atoms with Crippen molar-refractivity contribution in [1.82, 2.24) is 4.98 Å². The molecule has 2 rings (SSSR count). The van der Waals surface area contributed by atoms with Gasteiger partial charge in [-0.1, -0.05) is 19.1 Å². The van der Waals surface area contributed by atoms with Crippen LogP contribution in [-0.2, 0) is 12.8 Å². The molecule has 0 saturated heterocycles. The van der Waals surface area contributed by atoms with Crippen molar-refractivity contribution in [3.63, 3.8) is 0 Å². The Morgan fingerprint density at radius 1 is 1.30 bits per heavy atom. The van der Waals surface area contributed by atoms with Crippen LogP contribution >= 0.6 is 0 Å². The fraction of sp³-hybridized carbons (Fsp3) is 0.312. The first-order valence-electron chi connectivity index (χ1n) is 6.59. The number of benzene rings is 1. The highest BCUT2D eigenvalue weighted by Gasteiger charge is 2.16. The Labute approximate surface area is 118 Å². The summed E-state index contributed by atoms with van der Waals surface area (Å²) in [5.41, 5.74) is 2.21. The van der Waals surface area contributed by atoms with Gasteiger partial charge in [-0.25, -0.2) is 4.39 Å². The van der Waals surface area contributed by atoms with E-state index in [4.69, 9.17) is 4.74 Å². The molecule has 0 aliphatic rings. The van der Waals surface area contributed by atoms with Crippen LogP contribution in [0.2, 0.25) is 0 Å². The molecule has 0 saturated carbocycles. The highest BCUT2D eigenvalue weighted by atomic mass is 19.1. The zero-order valence-electron chi connectivity index (χ0n) is 11.6. The number of methoxy groups -OCH3 is 1. The van der Waals surface area contributed by atoms with Crippen LogP contribution in [0.15, 0.2) is 36.7 Å². The average molecular weight is 275 g/mol. The fourth-order valence-corrected chi connectivity index (χ4v) is 2.25. The van der Waals surface area contributed by atoms with Crippen molar-refractivity contribution in [2.45, 2.75) is 25.9 Å². The molecular formula is C16H18FNO2. The lowest BCUT2D eigenvalue weighted by Gasteiger charge is -2.15. The zero-order valence-corrected chi connectivity index (χ0v) is 11.6. The Morgan fingerprint density at radius 3 is 2.80 bits per heavy atom. The van der Waals surface area contributed by atoms with Crippen molar-refractivity contribution >= 4 is 0 Å². The highest BCUT2D eigenvalue weighted by molar-refractivity contribution is 5.33. The van der Waals surface area contributed by atoms with Crippen LogP contribution in [0.5, 0.6) is 5.75 Å². The third kappa shape index (κ3) is 2.96. The lowest BCUT2D eigenvalue weighted by molar-refractivity contribution is 0.175. The van der Waals surface area contributed by atoms with Crippen LogP contribution in [0.1, 0.15) is 29.7 Å². The number of ether oxygens (including phenoxy) is 1. The minimum absolute atomic E-state index is 0.195. The summed E-state index contributed by atoms with van der Waals surface area (Å²) in [6, 6.07) is 6.72. The summed E-state index contributed by atoms with van der Waals surface area (Å²) < 4.78 is 19.0. The molecule has 1 heterocycles. The van der Waals surface area contributed by atoms with Crippen LogP contribution in [0.4, 0.5) is 4.39 Å².